The summed E-state index contributed by atoms with van der Waals surface area (Å²) in [4.78, 5) is 13.2. The molecule has 33 heavy (non-hydrogen) atoms. The van der Waals surface area contributed by atoms with Crippen LogP contribution in [0.1, 0.15) is 92.4 Å². The lowest BCUT2D eigenvalue weighted by molar-refractivity contribution is -0.172. The van der Waals surface area contributed by atoms with Gasteiger partial charge < -0.3 is 25.5 Å². The second-order valence-electron chi connectivity index (χ2n) is 13.0. The molecule has 0 aromatic heterocycles. The lowest BCUT2D eigenvalue weighted by atomic mass is 9.46. The second kappa shape index (κ2) is 7.86. The number of aliphatic hydroxyl groups is 5. The maximum absolute atomic E-state index is 13.2. The fourth-order valence-electron chi connectivity index (χ4n) is 8.27. The average molecular weight is 465 g/mol. The first-order valence-corrected chi connectivity index (χ1v) is 12.9. The number of hydrogen-bond donors (Lipinski definition) is 5. The highest BCUT2D eigenvalue weighted by atomic mass is 16.3. The topological polar surface area (TPSA) is 118 Å². The average Bonchev–Trinajstić information content (AvgIpc) is 2.99. The van der Waals surface area contributed by atoms with Gasteiger partial charge >= 0.3 is 0 Å². The quantitative estimate of drug-likeness (QED) is 0.427. The Hall–Kier alpha value is -0.790. The number of aliphatic hydroxyl groups excluding tert-OH is 2. The van der Waals surface area contributed by atoms with Gasteiger partial charge in [0, 0.05) is 11.3 Å². The van der Waals surface area contributed by atoms with Gasteiger partial charge in [0.25, 0.3) is 0 Å². The van der Waals surface area contributed by atoms with Gasteiger partial charge in [-0.2, -0.15) is 0 Å². The molecule has 0 aliphatic heterocycles. The summed E-state index contributed by atoms with van der Waals surface area (Å²) in [5, 5.41) is 55.0. The molecule has 0 amide bonds. The highest BCUT2D eigenvalue weighted by Gasteiger charge is 2.68. The van der Waals surface area contributed by atoms with E-state index >= 15 is 0 Å². The molecule has 0 aromatic carbocycles. The third kappa shape index (κ3) is 3.76. The predicted molar refractivity (Wildman–Crippen MR) is 125 cm³/mol. The van der Waals surface area contributed by atoms with Gasteiger partial charge in [-0.05, 0) is 107 Å². The van der Waals surface area contributed by atoms with E-state index in [4.69, 9.17) is 0 Å². The molecule has 0 radical (unpaired) electrons. The van der Waals surface area contributed by atoms with E-state index in [-0.39, 0.29) is 35.4 Å². The molecule has 4 rings (SSSR count). The molecule has 4 aliphatic rings. The van der Waals surface area contributed by atoms with Crippen molar-refractivity contribution in [2.45, 2.75) is 121 Å². The van der Waals surface area contributed by atoms with Crippen molar-refractivity contribution >= 4 is 5.78 Å². The molecule has 0 heterocycles. The number of carbonyl (C=O) groups is 1. The molecular formula is C27H44O6. The summed E-state index contributed by atoms with van der Waals surface area (Å²) in [5.74, 6) is -0.426. The Labute approximate surface area is 198 Å². The van der Waals surface area contributed by atoms with Crippen molar-refractivity contribution in [3.63, 3.8) is 0 Å². The Morgan fingerprint density at radius 2 is 1.73 bits per heavy atom. The van der Waals surface area contributed by atoms with Crippen LogP contribution in [0.25, 0.3) is 0 Å². The van der Waals surface area contributed by atoms with Crippen LogP contribution in [0.5, 0.6) is 0 Å². The van der Waals surface area contributed by atoms with Gasteiger partial charge in [0.15, 0.2) is 5.78 Å². The number of allylic oxidation sites excluding steroid dienone is 1. The Morgan fingerprint density at radius 3 is 2.36 bits per heavy atom. The van der Waals surface area contributed by atoms with E-state index in [0.29, 0.717) is 38.5 Å². The number of ketones is 1. The van der Waals surface area contributed by atoms with Crippen LogP contribution < -0.4 is 0 Å². The van der Waals surface area contributed by atoms with E-state index in [2.05, 4.69) is 6.92 Å². The monoisotopic (exact) mass is 464 g/mol. The minimum atomic E-state index is -1.42. The van der Waals surface area contributed by atoms with Crippen LogP contribution in [0.4, 0.5) is 0 Å². The molecule has 9 atom stereocenters. The van der Waals surface area contributed by atoms with Crippen molar-refractivity contribution in [2.75, 3.05) is 0 Å². The van der Waals surface area contributed by atoms with Crippen molar-refractivity contribution < 1.29 is 30.3 Å². The lowest BCUT2D eigenvalue weighted by Gasteiger charge is -2.60. The maximum Gasteiger partial charge on any atom is 0.159 e. The summed E-state index contributed by atoms with van der Waals surface area (Å²) in [7, 11) is 0. The molecule has 5 N–H and O–H groups in total. The van der Waals surface area contributed by atoms with Crippen LogP contribution in [-0.4, -0.2) is 60.3 Å². The van der Waals surface area contributed by atoms with Gasteiger partial charge in [-0.25, -0.2) is 0 Å². The predicted octanol–water partition coefficient (Wildman–Crippen LogP) is 2.88. The zero-order chi connectivity index (χ0) is 24.6. The summed E-state index contributed by atoms with van der Waals surface area (Å²) in [6.07, 6.45) is 5.38. The van der Waals surface area contributed by atoms with Crippen LogP contribution in [0, 0.1) is 28.6 Å². The van der Waals surface area contributed by atoms with E-state index in [9.17, 15) is 30.3 Å². The van der Waals surface area contributed by atoms with Gasteiger partial charge in [-0.15, -0.1) is 0 Å². The van der Waals surface area contributed by atoms with Crippen LogP contribution in [0.3, 0.4) is 0 Å². The Balaban J connectivity index is 1.65. The molecule has 188 valence electrons. The lowest BCUT2D eigenvalue weighted by Crippen LogP contribution is -2.62. The van der Waals surface area contributed by atoms with Crippen molar-refractivity contribution in [3.8, 4) is 0 Å². The number of rotatable bonds is 5. The minimum absolute atomic E-state index is 0.0144. The molecule has 3 fully saturated rings. The second-order valence-corrected chi connectivity index (χ2v) is 13.0. The zero-order valence-electron chi connectivity index (χ0n) is 21.0. The fraction of sp³-hybridized carbons (Fsp3) is 0.889. The molecule has 0 spiro atoms. The minimum Gasteiger partial charge on any atom is -0.393 e. The number of fused-ring (bicyclic) bond motifs is 5. The normalized spacial score (nSPS) is 46.0. The van der Waals surface area contributed by atoms with E-state index < -0.39 is 34.4 Å². The zero-order valence-corrected chi connectivity index (χ0v) is 21.0. The Morgan fingerprint density at radius 1 is 1.06 bits per heavy atom. The summed E-state index contributed by atoms with van der Waals surface area (Å²) < 4.78 is 0. The summed E-state index contributed by atoms with van der Waals surface area (Å²) in [6.45, 7) is 9.22. The number of carbonyl (C=O) groups excluding carboxylic acids is 1. The maximum atomic E-state index is 13.2. The first-order chi connectivity index (χ1) is 15.1. The van der Waals surface area contributed by atoms with E-state index in [1.165, 1.54) is 0 Å². The SMILES string of the molecule is CC(C)(O)CC[C@@H](O)C(C)(O)[C@@H]1CC[C@@]2(O)C3=CC(=O)[C@@H]4C[C@H](O)CC[C@]4(C)C3CC[C@]12C. The standard InChI is InChI=1S/C27H44O6/c1-23(2,31)10-9-22(30)26(5,32)21-8-13-27(33)18-15-20(29)19-14-16(28)6-11-24(19,3)17(18)7-12-25(21,27)4/h15-17,19,21-22,28,30-33H,6-14H2,1-5H3/t16-,17?,19+,21-,22-,24-,25-,26?,27-/m1/s1. The molecule has 3 saturated carbocycles. The molecule has 2 unspecified atom stereocenters. The van der Waals surface area contributed by atoms with Crippen LogP contribution >= 0.6 is 0 Å². The van der Waals surface area contributed by atoms with Crippen molar-refractivity contribution in [2.24, 2.45) is 28.6 Å². The van der Waals surface area contributed by atoms with E-state index in [1.807, 2.05) is 6.92 Å². The summed E-state index contributed by atoms with van der Waals surface area (Å²) >= 11 is 0. The largest absolute Gasteiger partial charge is 0.393 e. The first-order valence-electron chi connectivity index (χ1n) is 12.9. The molecule has 0 bridgehead atoms. The molecular weight excluding hydrogens is 420 g/mol. The molecule has 6 heteroatoms. The molecule has 0 saturated heterocycles. The third-order valence-corrected chi connectivity index (χ3v) is 10.5. The molecule has 6 nitrogen and oxygen atoms in total. The first kappa shape index (κ1) is 25.3. The van der Waals surface area contributed by atoms with Crippen molar-refractivity contribution in [1.82, 2.24) is 0 Å². The van der Waals surface area contributed by atoms with Crippen LogP contribution in [-0.2, 0) is 4.79 Å². The summed E-state index contributed by atoms with van der Waals surface area (Å²) in [5.41, 5.74) is -3.64. The molecule has 0 aromatic rings. The molecule has 4 aliphatic carbocycles. The van der Waals surface area contributed by atoms with Gasteiger partial charge in [-0.1, -0.05) is 13.8 Å². The Kier molecular flexibility index (Phi) is 6.03. The highest BCUT2D eigenvalue weighted by Crippen LogP contribution is 2.68. The van der Waals surface area contributed by atoms with Gasteiger partial charge in [0.2, 0.25) is 0 Å². The van der Waals surface area contributed by atoms with Gasteiger partial charge in [-0.3, -0.25) is 4.79 Å². The van der Waals surface area contributed by atoms with Crippen molar-refractivity contribution in [3.05, 3.63) is 11.6 Å². The smallest absolute Gasteiger partial charge is 0.159 e. The van der Waals surface area contributed by atoms with E-state index in [1.54, 1.807) is 26.8 Å². The fourth-order valence-corrected chi connectivity index (χ4v) is 8.27. The summed E-state index contributed by atoms with van der Waals surface area (Å²) in [6, 6.07) is 0. The third-order valence-electron chi connectivity index (χ3n) is 10.5. The number of hydrogen-bond acceptors (Lipinski definition) is 6. The van der Waals surface area contributed by atoms with Crippen LogP contribution in [0.15, 0.2) is 11.6 Å². The van der Waals surface area contributed by atoms with Crippen LogP contribution in [0.2, 0.25) is 0 Å². The van der Waals surface area contributed by atoms with Gasteiger partial charge in [0.1, 0.15) is 0 Å². The highest BCUT2D eigenvalue weighted by molar-refractivity contribution is 5.95. The van der Waals surface area contributed by atoms with Crippen molar-refractivity contribution in [1.29, 1.82) is 0 Å². The Bertz CT molecular complexity index is 827. The van der Waals surface area contributed by atoms with Gasteiger partial charge in [0.05, 0.1) is 29.0 Å². The van der Waals surface area contributed by atoms with E-state index in [0.717, 1.165) is 18.4 Å².